The van der Waals surface area contributed by atoms with Crippen molar-refractivity contribution in [2.24, 2.45) is 0 Å². The van der Waals surface area contributed by atoms with Crippen molar-refractivity contribution in [1.82, 2.24) is 4.98 Å². The maximum Gasteiger partial charge on any atom is 0.333 e. The molecule has 2 rings (SSSR count). The summed E-state index contributed by atoms with van der Waals surface area (Å²) in [4.78, 5) is 15.6. The van der Waals surface area contributed by atoms with Crippen molar-refractivity contribution in [3.63, 3.8) is 0 Å². The second-order valence-electron chi connectivity index (χ2n) is 4.52. The summed E-state index contributed by atoms with van der Waals surface area (Å²) in [6.07, 6.45) is 3.15. The molecule has 0 fully saturated rings. The standard InChI is InChI=1S/C15H16N2O3/c1-15(14(18)19,11-6-8-16-9-7-11)17-12-4-3-5-13(10-12)20-2/h3-10,17H,1-2H3,(H,18,19). The monoisotopic (exact) mass is 272 g/mol. The number of methoxy groups -OCH3 is 1. The van der Waals surface area contributed by atoms with E-state index in [1.54, 1.807) is 62.8 Å². The Balaban J connectivity index is 2.37. The lowest BCUT2D eigenvalue weighted by atomic mass is 9.92. The Hall–Kier alpha value is -2.56. The van der Waals surface area contributed by atoms with E-state index in [1.165, 1.54) is 0 Å². The van der Waals surface area contributed by atoms with Gasteiger partial charge < -0.3 is 15.2 Å². The van der Waals surface area contributed by atoms with Crippen molar-refractivity contribution < 1.29 is 14.6 Å². The van der Waals surface area contributed by atoms with E-state index in [0.29, 0.717) is 17.0 Å². The van der Waals surface area contributed by atoms with Crippen LogP contribution in [0, 0.1) is 0 Å². The molecule has 1 aromatic heterocycles. The Morgan fingerprint density at radius 1 is 1.30 bits per heavy atom. The summed E-state index contributed by atoms with van der Waals surface area (Å²) >= 11 is 0. The topological polar surface area (TPSA) is 71.5 Å². The lowest BCUT2D eigenvalue weighted by Gasteiger charge is -2.28. The minimum Gasteiger partial charge on any atom is -0.497 e. The third-order valence-corrected chi connectivity index (χ3v) is 3.15. The van der Waals surface area contributed by atoms with Crippen molar-refractivity contribution in [1.29, 1.82) is 0 Å². The summed E-state index contributed by atoms with van der Waals surface area (Å²) in [5, 5.41) is 12.6. The summed E-state index contributed by atoms with van der Waals surface area (Å²) in [6.45, 7) is 1.62. The fourth-order valence-corrected chi connectivity index (χ4v) is 1.92. The number of hydrogen-bond donors (Lipinski definition) is 2. The number of aliphatic carboxylic acids is 1. The number of carboxylic acid groups (broad SMARTS) is 1. The van der Waals surface area contributed by atoms with E-state index in [2.05, 4.69) is 10.3 Å². The van der Waals surface area contributed by atoms with Crippen LogP contribution < -0.4 is 10.1 Å². The Bertz CT molecular complexity index is 601. The molecule has 20 heavy (non-hydrogen) atoms. The first-order chi connectivity index (χ1) is 9.56. The van der Waals surface area contributed by atoms with Gasteiger partial charge in [-0.3, -0.25) is 4.98 Å². The molecule has 2 aromatic rings. The molecule has 5 heteroatoms. The first-order valence-electron chi connectivity index (χ1n) is 6.12. The van der Waals surface area contributed by atoms with Gasteiger partial charge in [0.15, 0.2) is 5.54 Å². The zero-order valence-corrected chi connectivity index (χ0v) is 11.3. The van der Waals surface area contributed by atoms with Gasteiger partial charge in [0, 0.05) is 24.1 Å². The predicted molar refractivity (Wildman–Crippen MR) is 75.8 cm³/mol. The van der Waals surface area contributed by atoms with Gasteiger partial charge in [-0.05, 0) is 36.8 Å². The molecule has 0 aliphatic rings. The van der Waals surface area contributed by atoms with Crippen molar-refractivity contribution in [3.8, 4) is 5.75 Å². The molecule has 0 aliphatic carbocycles. The number of benzene rings is 1. The minimum absolute atomic E-state index is 0.628. The van der Waals surface area contributed by atoms with Crippen LogP contribution in [0.2, 0.25) is 0 Å². The number of pyridine rings is 1. The molecular formula is C15H16N2O3. The van der Waals surface area contributed by atoms with Gasteiger partial charge >= 0.3 is 5.97 Å². The summed E-state index contributed by atoms with van der Waals surface area (Å²) < 4.78 is 5.14. The van der Waals surface area contributed by atoms with Crippen LogP contribution >= 0.6 is 0 Å². The van der Waals surface area contributed by atoms with Gasteiger partial charge in [0.2, 0.25) is 0 Å². The van der Waals surface area contributed by atoms with Crippen LogP contribution in [-0.4, -0.2) is 23.2 Å². The van der Waals surface area contributed by atoms with Crippen LogP contribution in [-0.2, 0) is 10.3 Å². The molecule has 0 saturated carbocycles. The number of ether oxygens (including phenoxy) is 1. The molecule has 0 radical (unpaired) electrons. The highest BCUT2D eigenvalue weighted by atomic mass is 16.5. The van der Waals surface area contributed by atoms with Crippen molar-refractivity contribution in [2.75, 3.05) is 12.4 Å². The molecule has 104 valence electrons. The maximum atomic E-state index is 11.7. The molecule has 0 amide bonds. The first-order valence-corrected chi connectivity index (χ1v) is 6.12. The summed E-state index contributed by atoms with van der Waals surface area (Å²) in [7, 11) is 1.57. The van der Waals surface area contributed by atoms with Crippen molar-refractivity contribution >= 4 is 11.7 Å². The molecule has 0 aliphatic heterocycles. The van der Waals surface area contributed by atoms with E-state index in [-0.39, 0.29) is 0 Å². The van der Waals surface area contributed by atoms with E-state index >= 15 is 0 Å². The lowest BCUT2D eigenvalue weighted by molar-refractivity contribution is -0.142. The highest BCUT2D eigenvalue weighted by Gasteiger charge is 2.35. The van der Waals surface area contributed by atoms with Crippen molar-refractivity contribution in [3.05, 3.63) is 54.4 Å². The highest BCUT2D eigenvalue weighted by Crippen LogP contribution is 2.27. The molecular weight excluding hydrogens is 256 g/mol. The van der Waals surface area contributed by atoms with Crippen molar-refractivity contribution in [2.45, 2.75) is 12.5 Å². The zero-order chi connectivity index (χ0) is 14.6. The van der Waals surface area contributed by atoms with Gasteiger partial charge in [0.1, 0.15) is 5.75 Å². The lowest BCUT2D eigenvalue weighted by Crippen LogP contribution is -2.40. The Labute approximate surface area is 117 Å². The van der Waals surface area contributed by atoms with Gasteiger partial charge in [0.05, 0.1) is 7.11 Å². The van der Waals surface area contributed by atoms with Crippen LogP contribution in [0.25, 0.3) is 0 Å². The average Bonchev–Trinajstić information content (AvgIpc) is 2.48. The number of rotatable bonds is 5. The van der Waals surface area contributed by atoms with Gasteiger partial charge in [-0.15, -0.1) is 0 Å². The SMILES string of the molecule is COc1cccc(NC(C)(C(=O)O)c2ccncc2)c1. The second kappa shape index (κ2) is 5.61. The molecule has 0 saturated heterocycles. The van der Waals surface area contributed by atoms with Crippen LogP contribution in [0.4, 0.5) is 5.69 Å². The van der Waals surface area contributed by atoms with Gasteiger partial charge in [-0.25, -0.2) is 4.79 Å². The normalized spacial score (nSPS) is 13.3. The fraction of sp³-hybridized carbons (Fsp3) is 0.200. The van der Waals surface area contributed by atoms with Crippen LogP contribution in [0.5, 0.6) is 5.75 Å². The number of carboxylic acids is 1. The number of hydrogen-bond acceptors (Lipinski definition) is 4. The van der Waals surface area contributed by atoms with Crippen LogP contribution in [0.1, 0.15) is 12.5 Å². The Kier molecular flexibility index (Phi) is 3.89. The third kappa shape index (κ3) is 2.71. The van der Waals surface area contributed by atoms with Crippen LogP contribution in [0.15, 0.2) is 48.8 Å². The number of nitrogens with one attached hydrogen (secondary N) is 1. The third-order valence-electron chi connectivity index (χ3n) is 3.15. The summed E-state index contributed by atoms with van der Waals surface area (Å²) in [6, 6.07) is 10.5. The van der Waals surface area contributed by atoms with Gasteiger partial charge in [-0.1, -0.05) is 6.07 Å². The van der Waals surface area contributed by atoms with E-state index in [1.807, 2.05) is 0 Å². The van der Waals surface area contributed by atoms with Crippen LogP contribution in [0.3, 0.4) is 0 Å². The van der Waals surface area contributed by atoms with E-state index < -0.39 is 11.5 Å². The van der Waals surface area contributed by atoms with E-state index in [4.69, 9.17) is 4.74 Å². The van der Waals surface area contributed by atoms with E-state index in [9.17, 15) is 9.90 Å². The minimum atomic E-state index is -1.24. The quantitative estimate of drug-likeness (QED) is 0.875. The number of aromatic nitrogens is 1. The fourth-order valence-electron chi connectivity index (χ4n) is 1.92. The second-order valence-corrected chi connectivity index (χ2v) is 4.52. The molecule has 1 atom stereocenters. The van der Waals surface area contributed by atoms with Gasteiger partial charge in [0.25, 0.3) is 0 Å². The van der Waals surface area contributed by atoms with E-state index in [0.717, 1.165) is 0 Å². The molecule has 1 heterocycles. The Morgan fingerprint density at radius 3 is 2.60 bits per heavy atom. The average molecular weight is 272 g/mol. The highest BCUT2D eigenvalue weighted by molar-refractivity contribution is 5.84. The van der Waals surface area contributed by atoms with Gasteiger partial charge in [-0.2, -0.15) is 0 Å². The largest absolute Gasteiger partial charge is 0.497 e. The number of anilines is 1. The molecule has 5 nitrogen and oxygen atoms in total. The maximum absolute atomic E-state index is 11.7. The number of nitrogens with zero attached hydrogens (tertiary/aromatic N) is 1. The molecule has 1 aromatic carbocycles. The molecule has 0 spiro atoms. The molecule has 0 bridgehead atoms. The summed E-state index contributed by atoms with van der Waals surface area (Å²) in [5.41, 5.74) is 0.0591. The predicted octanol–water partition coefficient (Wildman–Crippen LogP) is 2.50. The Morgan fingerprint density at radius 2 is 2.00 bits per heavy atom. The first kappa shape index (κ1) is 13.9. The number of carbonyl (C=O) groups is 1. The smallest absolute Gasteiger partial charge is 0.333 e. The molecule has 2 N–H and O–H groups in total. The molecule has 1 unspecified atom stereocenters. The zero-order valence-electron chi connectivity index (χ0n) is 11.3. The summed E-state index contributed by atoms with van der Waals surface area (Å²) in [5.74, 6) is -0.302.